The molecule has 0 bridgehead atoms. The Morgan fingerprint density at radius 3 is 2.34 bits per heavy atom. The quantitative estimate of drug-likeness (QED) is 0.507. The van der Waals surface area contributed by atoms with Crippen LogP contribution < -0.4 is 14.4 Å². The lowest BCUT2D eigenvalue weighted by Crippen LogP contribution is -2.22. The van der Waals surface area contributed by atoms with Gasteiger partial charge in [-0.2, -0.15) is 0 Å². The average Bonchev–Trinajstić information content (AvgIpc) is 3.52. The van der Waals surface area contributed by atoms with Gasteiger partial charge in [0.15, 0.2) is 0 Å². The minimum Gasteiger partial charge on any atom is -0.495 e. The molecule has 2 aromatic heterocycles. The van der Waals surface area contributed by atoms with Gasteiger partial charge in [-0.05, 0) is 36.4 Å². The normalized spacial score (nSPS) is 13.6. The van der Waals surface area contributed by atoms with E-state index in [1.54, 1.807) is 12.3 Å². The van der Waals surface area contributed by atoms with E-state index < -0.39 is 0 Å². The molecule has 1 aliphatic rings. The Morgan fingerprint density at radius 1 is 1.10 bits per heavy atom. The van der Waals surface area contributed by atoms with Crippen molar-refractivity contribution < 1.29 is 9.47 Å². The number of nitrogens with zero attached hydrogens (tertiary/aromatic N) is 4. The minimum atomic E-state index is -0.0489. The highest BCUT2D eigenvalue weighted by Gasteiger charge is 2.25. The first-order valence-electron chi connectivity index (χ1n) is 9.13. The second-order valence-corrected chi connectivity index (χ2v) is 7.83. The van der Waals surface area contributed by atoms with E-state index in [-0.39, 0.29) is 5.95 Å². The van der Waals surface area contributed by atoms with Crippen LogP contribution in [0.25, 0.3) is 27.9 Å². The van der Waals surface area contributed by atoms with Gasteiger partial charge in [-0.15, -0.1) is 0 Å². The molecule has 1 aliphatic carbocycles. The van der Waals surface area contributed by atoms with E-state index in [1.165, 1.54) is 27.1 Å². The van der Waals surface area contributed by atoms with Crippen molar-refractivity contribution in [1.82, 2.24) is 15.0 Å². The fraction of sp³-hybridized carbons (Fsp3) is 0.350. The monoisotopic (exact) mass is 432 g/mol. The minimum absolute atomic E-state index is 0.0489. The highest BCUT2D eigenvalue weighted by atomic mass is 35.5. The average molecular weight is 433 g/mol. The van der Waals surface area contributed by atoms with Crippen molar-refractivity contribution >= 4 is 45.9 Å². The maximum absolute atomic E-state index is 7.82. The van der Waals surface area contributed by atoms with E-state index in [4.69, 9.17) is 43.4 Å². The van der Waals surface area contributed by atoms with E-state index in [0.29, 0.717) is 50.1 Å². The lowest BCUT2D eigenvalue weighted by molar-refractivity contribution is 0.395. The number of nitrogens with one attached hydrogen (secondary N) is 1. The molecule has 0 spiro atoms. The summed E-state index contributed by atoms with van der Waals surface area (Å²) in [6.45, 7) is 0.867. The molecule has 0 saturated heterocycles. The summed E-state index contributed by atoms with van der Waals surface area (Å²) in [6.07, 6.45) is 4.04. The second-order valence-electron chi connectivity index (χ2n) is 7.07. The van der Waals surface area contributed by atoms with Crippen LogP contribution in [0.1, 0.15) is 12.8 Å². The number of ether oxygens (including phenoxy) is 2. The molecule has 152 valence electrons. The number of halogens is 2. The van der Waals surface area contributed by atoms with E-state index >= 15 is 0 Å². The Labute approximate surface area is 178 Å². The number of fused-ring (bicyclic) bond motifs is 1. The van der Waals surface area contributed by atoms with Gasteiger partial charge in [0.2, 0.25) is 0 Å². The van der Waals surface area contributed by atoms with Crippen LogP contribution in [0.3, 0.4) is 0 Å². The van der Waals surface area contributed by atoms with Crippen LogP contribution in [0.15, 0.2) is 18.3 Å². The fourth-order valence-electron chi connectivity index (χ4n) is 3.30. The first-order valence-corrected chi connectivity index (χ1v) is 9.89. The van der Waals surface area contributed by atoms with Gasteiger partial charge >= 0.3 is 0 Å². The predicted octanol–water partition coefficient (Wildman–Crippen LogP) is 5.55. The Hall–Kier alpha value is -2.51. The van der Waals surface area contributed by atoms with Gasteiger partial charge in [-0.1, -0.05) is 23.2 Å². The molecule has 1 fully saturated rings. The van der Waals surface area contributed by atoms with Gasteiger partial charge in [-0.3, -0.25) is 0 Å². The first-order chi connectivity index (χ1) is 13.9. The number of hydrogen-bond donors (Lipinski definition) is 0. The zero-order valence-corrected chi connectivity index (χ0v) is 17.8. The highest BCUT2D eigenvalue weighted by molar-refractivity contribution is 6.41. The summed E-state index contributed by atoms with van der Waals surface area (Å²) in [7, 11) is 5.04. The lowest BCUT2D eigenvalue weighted by atomic mass is 10.1. The summed E-state index contributed by atoms with van der Waals surface area (Å²) in [5.41, 5.74) is 9.52. The molecule has 7 nitrogen and oxygen atoms in total. The third-order valence-corrected chi connectivity index (χ3v) is 5.72. The van der Waals surface area contributed by atoms with Crippen molar-refractivity contribution in [3.05, 3.63) is 34.1 Å². The van der Waals surface area contributed by atoms with Gasteiger partial charge in [0, 0.05) is 36.7 Å². The van der Waals surface area contributed by atoms with Crippen molar-refractivity contribution in [2.45, 2.75) is 12.8 Å². The Bertz CT molecular complexity index is 1060. The Morgan fingerprint density at radius 2 is 1.76 bits per heavy atom. The topological polar surface area (TPSA) is 84.2 Å². The van der Waals surface area contributed by atoms with Crippen LogP contribution in [-0.4, -0.2) is 42.8 Å². The molecule has 0 atom stereocenters. The maximum atomic E-state index is 7.82. The summed E-state index contributed by atoms with van der Waals surface area (Å²) in [5.74, 6) is 2.15. The van der Waals surface area contributed by atoms with Crippen LogP contribution >= 0.6 is 23.2 Å². The maximum Gasteiger partial charge on any atom is 0.141 e. The second kappa shape index (κ2) is 7.72. The van der Waals surface area contributed by atoms with Crippen molar-refractivity contribution in [3.8, 4) is 22.8 Å². The molecule has 0 aliphatic heterocycles. The third kappa shape index (κ3) is 3.72. The lowest BCUT2D eigenvalue weighted by Gasteiger charge is -2.23. The Balaban J connectivity index is 1.96. The molecule has 3 aromatic rings. The number of hydrogen-bond acceptors (Lipinski definition) is 6. The van der Waals surface area contributed by atoms with Gasteiger partial charge < -0.3 is 30.1 Å². The number of rotatable bonds is 6. The van der Waals surface area contributed by atoms with Crippen LogP contribution in [-0.2, 0) is 0 Å². The summed E-state index contributed by atoms with van der Waals surface area (Å²) in [4.78, 5) is 15.2. The number of anilines is 1. The standard InChI is InChI=1S/C20H20Cl2N5O2/c1-27(9-10-4-5-10)19-18-11(8-24-20(23)26-18)6-12(25-19)15-16(21)13(28-2)7-14(29-3)17(15)22/h6-8,10H,4-5,9H2,1-3H3,(H-,23,24,26)/q-1. The number of aromatic nitrogens is 3. The molecule has 2 heterocycles. The molecular weight excluding hydrogens is 413 g/mol. The number of pyridine rings is 1. The van der Waals surface area contributed by atoms with Crippen molar-refractivity contribution in [1.29, 1.82) is 0 Å². The molecule has 29 heavy (non-hydrogen) atoms. The van der Waals surface area contributed by atoms with Crippen LogP contribution in [0.5, 0.6) is 11.5 Å². The number of benzene rings is 1. The SMILES string of the molecule is COc1cc(OC)c(Cl)c(-c2cc3cnc([NH-])nc3c(N(C)CC3CC3)n2)c1Cl. The molecule has 1 saturated carbocycles. The van der Waals surface area contributed by atoms with Gasteiger partial charge in [0.05, 0.1) is 30.0 Å². The van der Waals surface area contributed by atoms with Crippen molar-refractivity contribution in [2.75, 3.05) is 32.7 Å². The molecule has 1 aromatic carbocycles. The van der Waals surface area contributed by atoms with Crippen molar-refractivity contribution in [2.24, 2.45) is 5.92 Å². The van der Waals surface area contributed by atoms with Gasteiger partial charge in [-0.25, -0.2) is 4.98 Å². The first kappa shape index (κ1) is 19.8. The van der Waals surface area contributed by atoms with Gasteiger partial charge in [0.25, 0.3) is 0 Å². The smallest absolute Gasteiger partial charge is 0.141 e. The van der Waals surface area contributed by atoms with Crippen LogP contribution in [0.2, 0.25) is 10.0 Å². The summed E-state index contributed by atoms with van der Waals surface area (Å²) < 4.78 is 10.8. The molecule has 4 rings (SSSR count). The molecular formula is C20H20Cl2N5O2-. The highest BCUT2D eigenvalue weighted by Crippen LogP contribution is 2.46. The van der Waals surface area contributed by atoms with E-state index in [9.17, 15) is 0 Å². The fourth-order valence-corrected chi connectivity index (χ4v) is 4.00. The molecule has 0 unspecified atom stereocenters. The molecule has 1 N–H and O–H groups in total. The van der Waals surface area contributed by atoms with E-state index in [1.807, 2.05) is 13.1 Å². The van der Waals surface area contributed by atoms with E-state index in [0.717, 1.165) is 11.9 Å². The van der Waals surface area contributed by atoms with Crippen LogP contribution in [0, 0.1) is 5.92 Å². The van der Waals surface area contributed by atoms with Crippen molar-refractivity contribution in [3.63, 3.8) is 0 Å². The van der Waals surface area contributed by atoms with Gasteiger partial charge in [0.1, 0.15) is 17.3 Å². The molecule has 0 radical (unpaired) electrons. The summed E-state index contributed by atoms with van der Waals surface area (Å²) in [5, 5.41) is 1.44. The predicted molar refractivity (Wildman–Crippen MR) is 116 cm³/mol. The Kier molecular flexibility index (Phi) is 5.27. The molecule has 9 heteroatoms. The number of methoxy groups -OCH3 is 2. The molecule has 0 amide bonds. The zero-order valence-electron chi connectivity index (χ0n) is 16.3. The summed E-state index contributed by atoms with van der Waals surface area (Å²) in [6, 6.07) is 3.46. The van der Waals surface area contributed by atoms with E-state index in [2.05, 4.69) is 14.9 Å². The van der Waals surface area contributed by atoms with Crippen LogP contribution in [0.4, 0.5) is 11.8 Å². The zero-order chi connectivity index (χ0) is 20.7. The summed E-state index contributed by atoms with van der Waals surface area (Å²) >= 11 is 13.2. The third-order valence-electron chi connectivity index (χ3n) is 4.97. The largest absolute Gasteiger partial charge is 0.495 e.